The van der Waals surface area contributed by atoms with Crippen LogP contribution in [0, 0.1) is 11.3 Å². The molecule has 0 aliphatic carbocycles. The summed E-state index contributed by atoms with van der Waals surface area (Å²) < 4.78 is 26.7. The van der Waals surface area contributed by atoms with E-state index in [4.69, 9.17) is 5.26 Å². The number of aliphatic carboxylic acids is 1. The fourth-order valence-electron chi connectivity index (χ4n) is 2.74. The zero-order valence-corrected chi connectivity index (χ0v) is 12.4. The van der Waals surface area contributed by atoms with Crippen molar-refractivity contribution >= 4 is 16.0 Å². The van der Waals surface area contributed by atoms with Gasteiger partial charge in [-0.2, -0.15) is 9.57 Å². The fourth-order valence-corrected chi connectivity index (χ4v) is 4.78. The van der Waals surface area contributed by atoms with Crippen LogP contribution in [0.2, 0.25) is 0 Å². The second-order valence-corrected chi connectivity index (χ2v) is 6.75. The number of hydrogen-bond acceptors (Lipinski definition) is 4. The molecule has 1 N–H and O–H groups in total. The molecule has 1 fully saturated rings. The highest BCUT2D eigenvalue weighted by Gasteiger charge is 2.45. The van der Waals surface area contributed by atoms with E-state index in [0.29, 0.717) is 19.3 Å². The molecular weight excluding hydrogens is 292 g/mol. The molecule has 1 heterocycles. The van der Waals surface area contributed by atoms with Crippen molar-refractivity contribution in [3.8, 4) is 6.07 Å². The third kappa shape index (κ3) is 2.64. The van der Waals surface area contributed by atoms with E-state index in [1.54, 1.807) is 6.07 Å². The van der Waals surface area contributed by atoms with Crippen LogP contribution in [0.1, 0.15) is 31.7 Å². The van der Waals surface area contributed by atoms with Crippen molar-refractivity contribution in [3.05, 3.63) is 29.8 Å². The molecule has 0 bridgehead atoms. The highest BCUT2D eigenvalue weighted by Crippen LogP contribution is 2.33. The number of benzene rings is 1. The Hall–Kier alpha value is -1.91. The van der Waals surface area contributed by atoms with Crippen molar-refractivity contribution in [3.63, 3.8) is 0 Å². The summed E-state index contributed by atoms with van der Waals surface area (Å²) in [4.78, 5) is 11.2. The number of carboxylic acids is 1. The standard InChI is InChI=1S/C14H16N2O4S/c1-2-11-7-8-12(14(17)18)16(11)21(19,20)13-6-4-3-5-10(13)9-15/h3-6,11-12H,2,7-8H2,1H3,(H,17,18). The lowest BCUT2D eigenvalue weighted by atomic mass is 10.1. The van der Waals surface area contributed by atoms with E-state index in [1.807, 2.05) is 13.0 Å². The minimum absolute atomic E-state index is 0.0309. The molecule has 0 aromatic heterocycles. The number of hydrogen-bond donors (Lipinski definition) is 1. The molecule has 6 nitrogen and oxygen atoms in total. The van der Waals surface area contributed by atoms with Crippen LogP contribution < -0.4 is 0 Å². The van der Waals surface area contributed by atoms with Gasteiger partial charge in [0.15, 0.2) is 0 Å². The predicted octanol–water partition coefficient (Wildman–Crippen LogP) is 1.57. The summed E-state index contributed by atoms with van der Waals surface area (Å²) >= 11 is 0. The number of nitrogens with zero attached hydrogens (tertiary/aromatic N) is 2. The summed E-state index contributed by atoms with van der Waals surface area (Å²) in [6.07, 6.45) is 1.35. The van der Waals surface area contributed by atoms with Crippen LogP contribution in [-0.2, 0) is 14.8 Å². The summed E-state index contributed by atoms with van der Waals surface area (Å²) in [6.45, 7) is 1.83. The average Bonchev–Trinajstić information content (AvgIpc) is 2.92. The summed E-state index contributed by atoms with van der Waals surface area (Å²) in [5.74, 6) is -1.15. The Bertz CT molecular complexity index is 693. The van der Waals surface area contributed by atoms with Crippen molar-refractivity contribution < 1.29 is 18.3 Å². The second-order valence-electron chi connectivity index (χ2n) is 4.94. The molecular formula is C14H16N2O4S. The van der Waals surface area contributed by atoms with Gasteiger partial charge >= 0.3 is 5.97 Å². The van der Waals surface area contributed by atoms with Gasteiger partial charge in [-0.3, -0.25) is 4.79 Å². The number of sulfonamides is 1. The normalized spacial score (nSPS) is 22.9. The highest BCUT2D eigenvalue weighted by molar-refractivity contribution is 7.89. The maximum atomic E-state index is 12.8. The van der Waals surface area contributed by atoms with Gasteiger partial charge in [-0.15, -0.1) is 0 Å². The summed E-state index contributed by atoms with van der Waals surface area (Å²) in [6, 6.07) is 6.31. The van der Waals surface area contributed by atoms with Crippen LogP contribution in [0.15, 0.2) is 29.2 Å². The van der Waals surface area contributed by atoms with Crippen molar-refractivity contribution in [1.82, 2.24) is 4.31 Å². The Labute approximate surface area is 123 Å². The van der Waals surface area contributed by atoms with E-state index in [2.05, 4.69) is 0 Å². The Morgan fingerprint density at radius 2 is 2.10 bits per heavy atom. The smallest absolute Gasteiger partial charge is 0.322 e. The van der Waals surface area contributed by atoms with Gasteiger partial charge in [0.2, 0.25) is 10.0 Å². The third-order valence-electron chi connectivity index (χ3n) is 3.76. The lowest BCUT2D eigenvalue weighted by Gasteiger charge is -2.27. The zero-order valence-electron chi connectivity index (χ0n) is 11.6. The third-order valence-corrected chi connectivity index (χ3v) is 5.78. The Kier molecular flexibility index (Phi) is 4.30. The first-order valence-corrected chi connectivity index (χ1v) is 8.13. The highest BCUT2D eigenvalue weighted by atomic mass is 32.2. The van der Waals surface area contributed by atoms with Gasteiger partial charge in [0.25, 0.3) is 0 Å². The van der Waals surface area contributed by atoms with Gasteiger partial charge in [-0.25, -0.2) is 8.42 Å². The number of rotatable bonds is 4. The zero-order chi connectivity index (χ0) is 15.6. The van der Waals surface area contributed by atoms with Crippen LogP contribution in [0.5, 0.6) is 0 Å². The van der Waals surface area contributed by atoms with E-state index >= 15 is 0 Å². The first-order chi connectivity index (χ1) is 9.93. The Morgan fingerprint density at radius 1 is 1.43 bits per heavy atom. The Morgan fingerprint density at radius 3 is 2.67 bits per heavy atom. The summed E-state index contributed by atoms with van der Waals surface area (Å²) in [5, 5.41) is 18.3. The molecule has 0 radical (unpaired) electrons. The van der Waals surface area contributed by atoms with Gasteiger partial charge in [0.05, 0.1) is 10.5 Å². The van der Waals surface area contributed by atoms with E-state index in [-0.39, 0.29) is 16.5 Å². The van der Waals surface area contributed by atoms with Gasteiger partial charge < -0.3 is 5.11 Å². The Balaban J connectivity index is 2.55. The van der Waals surface area contributed by atoms with Crippen molar-refractivity contribution in [2.45, 2.75) is 43.2 Å². The monoisotopic (exact) mass is 308 g/mol. The topological polar surface area (TPSA) is 98.5 Å². The molecule has 1 aromatic rings. The summed E-state index contributed by atoms with van der Waals surface area (Å²) in [5.41, 5.74) is 0.0309. The second kappa shape index (κ2) is 5.84. The largest absolute Gasteiger partial charge is 0.480 e. The molecule has 21 heavy (non-hydrogen) atoms. The molecule has 7 heteroatoms. The molecule has 112 valence electrons. The van der Waals surface area contributed by atoms with Crippen LogP contribution in [0.4, 0.5) is 0 Å². The minimum Gasteiger partial charge on any atom is -0.480 e. The molecule has 2 rings (SSSR count). The van der Waals surface area contributed by atoms with Crippen LogP contribution in [-0.4, -0.2) is 35.9 Å². The van der Waals surface area contributed by atoms with Crippen molar-refractivity contribution in [2.24, 2.45) is 0 Å². The molecule has 2 atom stereocenters. The van der Waals surface area contributed by atoms with Crippen molar-refractivity contribution in [2.75, 3.05) is 0 Å². The number of carbonyl (C=O) groups is 1. The molecule has 2 unspecified atom stereocenters. The van der Waals surface area contributed by atoms with E-state index in [1.165, 1.54) is 18.2 Å². The molecule has 0 amide bonds. The quantitative estimate of drug-likeness (QED) is 0.910. The molecule has 0 spiro atoms. The van der Waals surface area contributed by atoms with Gasteiger partial charge in [0.1, 0.15) is 12.1 Å². The van der Waals surface area contributed by atoms with E-state index in [9.17, 15) is 18.3 Å². The number of carboxylic acid groups (broad SMARTS) is 1. The van der Waals surface area contributed by atoms with Crippen molar-refractivity contribution in [1.29, 1.82) is 5.26 Å². The minimum atomic E-state index is -4.01. The van der Waals surface area contributed by atoms with Gasteiger partial charge in [-0.1, -0.05) is 19.1 Å². The van der Waals surface area contributed by atoms with Crippen LogP contribution in [0.3, 0.4) is 0 Å². The SMILES string of the molecule is CCC1CCC(C(=O)O)N1S(=O)(=O)c1ccccc1C#N. The lowest BCUT2D eigenvalue weighted by Crippen LogP contribution is -2.44. The molecule has 0 saturated carbocycles. The molecule has 1 aromatic carbocycles. The number of nitriles is 1. The van der Waals surface area contributed by atoms with E-state index < -0.39 is 22.0 Å². The van der Waals surface area contributed by atoms with E-state index in [0.717, 1.165) is 4.31 Å². The summed E-state index contributed by atoms with van der Waals surface area (Å²) in [7, 11) is -4.01. The molecule has 1 aliphatic heterocycles. The van der Waals surface area contributed by atoms with Gasteiger partial charge in [-0.05, 0) is 31.4 Å². The lowest BCUT2D eigenvalue weighted by molar-refractivity contribution is -0.140. The first-order valence-electron chi connectivity index (χ1n) is 6.69. The fraction of sp³-hybridized carbons (Fsp3) is 0.429. The maximum absolute atomic E-state index is 12.8. The van der Waals surface area contributed by atoms with Crippen LogP contribution >= 0.6 is 0 Å². The predicted molar refractivity (Wildman–Crippen MR) is 74.9 cm³/mol. The first kappa shape index (κ1) is 15.5. The maximum Gasteiger partial charge on any atom is 0.322 e. The van der Waals surface area contributed by atoms with Crippen LogP contribution in [0.25, 0.3) is 0 Å². The molecule has 1 aliphatic rings. The molecule has 1 saturated heterocycles. The average molecular weight is 308 g/mol. The van der Waals surface area contributed by atoms with Gasteiger partial charge in [0, 0.05) is 6.04 Å².